The van der Waals surface area contributed by atoms with Gasteiger partial charge >= 0.3 is 0 Å². The van der Waals surface area contributed by atoms with Gasteiger partial charge in [0, 0.05) is 16.8 Å². The fraction of sp³-hybridized carbons (Fsp3) is 0.0727. The van der Waals surface area contributed by atoms with Gasteiger partial charge in [-0.05, 0) is 77.8 Å². The molecule has 60 heavy (non-hydrogen) atoms. The van der Waals surface area contributed by atoms with Gasteiger partial charge in [0.1, 0.15) is 24.3 Å². The van der Waals surface area contributed by atoms with E-state index in [1.54, 1.807) is 0 Å². The van der Waals surface area contributed by atoms with Gasteiger partial charge in [0.15, 0.2) is 0 Å². The van der Waals surface area contributed by atoms with Crippen LogP contribution in [0.4, 0.5) is 0 Å². The molecule has 2 aliphatic heterocycles. The second-order valence-corrected chi connectivity index (χ2v) is 15.7. The summed E-state index contributed by atoms with van der Waals surface area (Å²) in [6.07, 6.45) is 1.73. The molecule has 9 aromatic carbocycles. The van der Waals surface area contributed by atoms with Gasteiger partial charge in [0.25, 0.3) is 0 Å². The average molecular weight is 774 g/mol. The number of nitrogens with one attached hydrogen (secondary N) is 4. The lowest BCUT2D eigenvalue weighted by Gasteiger charge is -2.34. The van der Waals surface area contributed by atoms with Crippen molar-refractivity contribution in [3.8, 4) is 11.1 Å². The van der Waals surface area contributed by atoms with Crippen LogP contribution in [0.1, 0.15) is 57.9 Å². The van der Waals surface area contributed by atoms with E-state index < -0.39 is 0 Å². The largest absolute Gasteiger partial charge is 0.366 e. The predicted molar refractivity (Wildman–Crippen MR) is 248 cm³/mol. The van der Waals surface area contributed by atoms with Crippen molar-refractivity contribution >= 4 is 43.9 Å². The van der Waals surface area contributed by atoms with E-state index in [4.69, 9.17) is 4.99 Å². The first-order valence-electron chi connectivity index (χ1n) is 20.8. The van der Waals surface area contributed by atoms with Crippen molar-refractivity contribution in [3.63, 3.8) is 0 Å². The van der Waals surface area contributed by atoms with E-state index in [2.05, 4.69) is 234 Å². The van der Waals surface area contributed by atoms with Crippen LogP contribution in [-0.2, 0) is 0 Å². The average Bonchev–Trinajstić information content (AvgIpc) is 3.34. The maximum absolute atomic E-state index is 5.49. The molecule has 4 unspecified atom stereocenters. The predicted octanol–water partition coefficient (Wildman–Crippen LogP) is 12.1. The fourth-order valence-corrected chi connectivity index (χ4v) is 9.08. The zero-order valence-electron chi connectivity index (χ0n) is 33.0. The van der Waals surface area contributed by atoms with E-state index in [-0.39, 0.29) is 24.5 Å². The third-order valence-corrected chi connectivity index (χ3v) is 12.0. The number of rotatable bonds is 7. The van der Waals surface area contributed by atoms with Crippen LogP contribution in [0.15, 0.2) is 217 Å². The lowest BCUT2D eigenvalue weighted by atomic mass is 9.86. The second kappa shape index (κ2) is 15.5. The van der Waals surface area contributed by atoms with Crippen LogP contribution in [0, 0.1) is 0 Å². The van der Waals surface area contributed by atoms with Crippen LogP contribution in [0.3, 0.4) is 0 Å². The Morgan fingerprint density at radius 3 is 1.68 bits per heavy atom. The van der Waals surface area contributed by atoms with Crippen molar-refractivity contribution in [1.29, 1.82) is 0 Å². The van der Waals surface area contributed by atoms with Crippen molar-refractivity contribution < 1.29 is 0 Å². The van der Waals surface area contributed by atoms with Crippen LogP contribution in [-0.4, -0.2) is 5.84 Å². The molecule has 0 saturated carbocycles. The van der Waals surface area contributed by atoms with E-state index in [0.29, 0.717) is 0 Å². The van der Waals surface area contributed by atoms with Crippen molar-refractivity contribution in [1.82, 2.24) is 21.3 Å². The van der Waals surface area contributed by atoms with E-state index in [1.165, 1.54) is 49.0 Å². The van der Waals surface area contributed by atoms with Gasteiger partial charge in [-0.3, -0.25) is 10.6 Å². The molecule has 11 rings (SSSR count). The SMILES string of the molecule is C1=C(c2ccccc2)NC(c2ccc3ccccc3c2)NC1c1ccc(-c2c(C3N=C(c4ccccc4)NC(c4ccccc4)N3)c3ccccc3c3ccccc23)cc1. The molecule has 0 amide bonds. The molecule has 288 valence electrons. The monoisotopic (exact) mass is 773 g/mol. The molecule has 0 bridgehead atoms. The Balaban J connectivity index is 1.05. The summed E-state index contributed by atoms with van der Waals surface area (Å²) in [5.74, 6) is 0.866. The summed E-state index contributed by atoms with van der Waals surface area (Å²) in [5.41, 5.74) is 10.4. The molecular weight excluding hydrogens is 731 g/mol. The zero-order chi connectivity index (χ0) is 39.8. The molecule has 0 spiro atoms. The van der Waals surface area contributed by atoms with Gasteiger partial charge in [-0.2, -0.15) is 0 Å². The first-order chi connectivity index (χ1) is 29.7. The number of aliphatic imine (C=N–C) groups is 1. The molecule has 4 N–H and O–H groups in total. The summed E-state index contributed by atoms with van der Waals surface area (Å²) < 4.78 is 0. The van der Waals surface area contributed by atoms with Crippen molar-refractivity contribution in [2.24, 2.45) is 4.99 Å². The van der Waals surface area contributed by atoms with Gasteiger partial charge in [-0.25, -0.2) is 4.99 Å². The molecule has 0 fully saturated rings. The number of fused-ring (bicyclic) bond motifs is 4. The van der Waals surface area contributed by atoms with Crippen LogP contribution >= 0.6 is 0 Å². The summed E-state index contributed by atoms with van der Waals surface area (Å²) >= 11 is 0. The minimum atomic E-state index is -0.346. The number of benzene rings is 9. The highest BCUT2D eigenvalue weighted by Crippen LogP contribution is 2.44. The van der Waals surface area contributed by atoms with Gasteiger partial charge in [0.2, 0.25) is 0 Å². The molecule has 0 saturated heterocycles. The van der Waals surface area contributed by atoms with E-state index in [1.807, 2.05) is 0 Å². The number of amidine groups is 1. The van der Waals surface area contributed by atoms with Crippen molar-refractivity contribution in [2.75, 3.05) is 0 Å². The molecule has 0 radical (unpaired) electrons. The summed E-state index contributed by atoms with van der Waals surface area (Å²) in [7, 11) is 0. The topological polar surface area (TPSA) is 60.5 Å². The van der Waals surface area contributed by atoms with Crippen molar-refractivity contribution in [2.45, 2.75) is 24.5 Å². The second-order valence-electron chi connectivity index (χ2n) is 15.7. The van der Waals surface area contributed by atoms with E-state index in [0.717, 1.165) is 39.3 Å². The third-order valence-electron chi connectivity index (χ3n) is 12.0. The quantitative estimate of drug-likeness (QED) is 0.122. The summed E-state index contributed by atoms with van der Waals surface area (Å²) in [6, 6.07) is 73.8. The van der Waals surface area contributed by atoms with Gasteiger partial charge in [0.05, 0.1) is 6.04 Å². The molecule has 0 aromatic heterocycles. The molecular formula is C55H43N5. The van der Waals surface area contributed by atoms with Crippen LogP contribution in [0.5, 0.6) is 0 Å². The maximum atomic E-state index is 5.49. The minimum Gasteiger partial charge on any atom is -0.366 e. The minimum absolute atomic E-state index is 0.0319. The van der Waals surface area contributed by atoms with Gasteiger partial charge in [-0.1, -0.05) is 200 Å². The van der Waals surface area contributed by atoms with Crippen molar-refractivity contribution in [3.05, 3.63) is 246 Å². The van der Waals surface area contributed by atoms with E-state index >= 15 is 0 Å². The molecule has 2 heterocycles. The number of hydrogen-bond donors (Lipinski definition) is 4. The molecule has 5 nitrogen and oxygen atoms in total. The molecule has 2 aliphatic rings. The fourth-order valence-electron chi connectivity index (χ4n) is 9.08. The Hall–Kier alpha value is -7.31. The maximum Gasteiger partial charge on any atom is 0.131 e. The molecule has 0 aliphatic carbocycles. The standard InChI is InChI=1S/C55H43N5/c1-4-17-37(18-5-1)48-35-49(57-54(56-48)43-33-28-36-16-10-11-23-42(36)34-43)38-29-31-39(32-30-38)50-46-26-14-12-24-44(46)45-25-13-15-27-47(45)51(50)55-59-52(40-19-6-2-7-20-40)58-53(60-55)41-21-8-3-9-22-41/h1-35,49,52,54-57,59H,(H,58,60). The Labute approximate surface area is 350 Å². The lowest BCUT2D eigenvalue weighted by molar-refractivity contribution is 0.411. The highest BCUT2D eigenvalue weighted by Gasteiger charge is 2.30. The van der Waals surface area contributed by atoms with Gasteiger partial charge in [-0.15, -0.1) is 0 Å². The van der Waals surface area contributed by atoms with E-state index in [9.17, 15) is 0 Å². The molecule has 9 aromatic rings. The Bertz CT molecular complexity index is 3050. The summed E-state index contributed by atoms with van der Waals surface area (Å²) in [4.78, 5) is 5.49. The summed E-state index contributed by atoms with van der Waals surface area (Å²) in [5, 5.41) is 22.7. The first kappa shape index (κ1) is 35.8. The highest BCUT2D eigenvalue weighted by molar-refractivity contribution is 6.16. The Morgan fingerprint density at radius 2 is 0.950 bits per heavy atom. The van der Waals surface area contributed by atoms with Crippen LogP contribution in [0.25, 0.3) is 49.1 Å². The lowest BCUT2D eigenvalue weighted by Crippen LogP contribution is -2.45. The van der Waals surface area contributed by atoms with Gasteiger partial charge < -0.3 is 10.6 Å². The smallest absolute Gasteiger partial charge is 0.131 e. The normalized spacial score (nSPS) is 19.0. The van der Waals surface area contributed by atoms with Crippen LogP contribution in [0.2, 0.25) is 0 Å². The Morgan fingerprint density at radius 1 is 0.383 bits per heavy atom. The number of hydrogen-bond acceptors (Lipinski definition) is 5. The number of nitrogens with zero attached hydrogens (tertiary/aromatic N) is 1. The molecule has 5 heteroatoms. The zero-order valence-corrected chi connectivity index (χ0v) is 33.0. The highest BCUT2D eigenvalue weighted by atomic mass is 15.3. The summed E-state index contributed by atoms with van der Waals surface area (Å²) in [6.45, 7) is 0. The molecule has 4 atom stereocenters. The Kier molecular flexibility index (Phi) is 9.23. The van der Waals surface area contributed by atoms with Crippen LogP contribution < -0.4 is 21.3 Å². The third kappa shape index (κ3) is 6.70. The first-order valence-corrected chi connectivity index (χ1v) is 20.8.